The lowest BCUT2D eigenvalue weighted by atomic mass is 9.81. The molecule has 0 fully saturated rings. The molecule has 0 radical (unpaired) electrons. The van der Waals surface area contributed by atoms with Gasteiger partial charge >= 0.3 is 0 Å². The summed E-state index contributed by atoms with van der Waals surface area (Å²) in [5.41, 5.74) is 2.75. The Morgan fingerprint density at radius 3 is 3.05 bits per heavy atom. The molecule has 0 heterocycles. The Morgan fingerprint density at radius 2 is 2.26 bits per heavy atom. The molecule has 1 aromatic rings. The van der Waals surface area contributed by atoms with Crippen molar-refractivity contribution in [3.05, 3.63) is 35.4 Å². The van der Waals surface area contributed by atoms with Crippen molar-refractivity contribution in [2.24, 2.45) is 0 Å². The Balaban J connectivity index is 1.88. The monoisotopic (exact) mass is 261 g/mol. The summed E-state index contributed by atoms with van der Waals surface area (Å²) in [5.74, 6) is 0.457. The predicted octanol–water partition coefficient (Wildman–Crippen LogP) is 2.38. The fourth-order valence-corrected chi connectivity index (χ4v) is 2.78. The SMILES string of the molecule is CC(O)CCNC(=O)CC1CCCc2ccccc21. The van der Waals surface area contributed by atoms with Crippen LogP contribution < -0.4 is 5.32 Å². The molecule has 0 bridgehead atoms. The number of fused-ring (bicyclic) bond motifs is 1. The smallest absolute Gasteiger partial charge is 0.220 e. The first-order valence-corrected chi connectivity index (χ1v) is 7.19. The molecule has 19 heavy (non-hydrogen) atoms. The average molecular weight is 261 g/mol. The number of carbonyl (C=O) groups is 1. The van der Waals surface area contributed by atoms with Crippen LogP contribution in [-0.4, -0.2) is 23.7 Å². The van der Waals surface area contributed by atoms with Gasteiger partial charge in [-0.15, -0.1) is 0 Å². The quantitative estimate of drug-likeness (QED) is 0.855. The molecule has 0 saturated carbocycles. The van der Waals surface area contributed by atoms with Gasteiger partial charge in [0.15, 0.2) is 0 Å². The van der Waals surface area contributed by atoms with Crippen LogP contribution in [0.15, 0.2) is 24.3 Å². The highest BCUT2D eigenvalue weighted by atomic mass is 16.3. The highest BCUT2D eigenvalue weighted by Gasteiger charge is 2.21. The maximum atomic E-state index is 11.9. The van der Waals surface area contributed by atoms with E-state index < -0.39 is 0 Å². The molecule has 0 spiro atoms. The van der Waals surface area contributed by atoms with Gasteiger partial charge in [-0.3, -0.25) is 4.79 Å². The van der Waals surface area contributed by atoms with E-state index in [2.05, 4.69) is 29.6 Å². The summed E-state index contributed by atoms with van der Waals surface area (Å²) in [7, 11) is 0. The topological polar surface area (TPSA) is 49.3 Å². The van der Waals surface area contributed by atoms with E-state index in [1.54, 1.807) is 6.92 Å². The Bertz CT molecular complexity index is 429. The molecule has 104 valence electrons. The number of aliphatic hydroxyl groups excluding tert-OH is 1. The first-order chi connectivity index (χ1) is 9.16. The molecular weight excluding hydrogens is 238 g/mol. The van der Waals surface area contributed by atoms with Crippen LogP contribution >= 0.6 is 0 Å². The largest absolute Gasteiger partial charge is 0.393 e. The van der Waals surface area contributed by atoms with Gasteiger partial charge in [0.25, 0.3) is 0 Å². The van der Waals surface area contributed by atoms with E-state index in [0.717, 1.165) is 12.8 Å². The number of rotatable bonds is 5. The normalized spacial score (nSPS) is 19.6. The summed E-state index contributed by atoms with van der Waals surface area (Å²) >= 11 is 0. The van der Waals surface area contributed by atoms with Gasteiger partial charge in [-0.2, -0.15) is 0 Å². The molecule has 0 saturated heterocycles. The van der Waals surface area contributed by atoms with E-state index in [-0.39, 0.29) is 12.0 Å². The molecule has 2 rings (SSSR count). The van der Waals surface area contributed by atoms with Crippen LogP contribution in [0.5, 0.6) is 0 Å². The van der Waals surface area contributed by atoms with Crippen molar-refractivity contribution in [2.75, 3.05) is 6.54 Å². The van der Waals surface area contributed by atoms with Crippen molar-refractivity contribution in [1.82, 2.24) is 5.32 Å². The Kier molecular flexibility index (Phi) is 4.97. The van der Waals surface area contributed by atoms with Gasteiger partial charge in [-0.05, 0) is 49.7 Å². The van der Waals surface area contributed by atoms with Gasteiger partial charge in [0, 0.05) is 13.0 Å². The number of aliphatic hydroxyl groups is 1. The Morgan fingerprint density at radius 1 is 1.47 bits per heavy atom. The number of carbonyl (C=O) groups excluding carboxylic acids is 1. The third-order valence-corrected chi connectivity index (χ3v) is 3.81. The highest BCUT2D eigenvalue weighted by molar-refractivity contribution is 5.77. The van der Waals surface area contributed by atoms with Crippen molar-refractivity contribution in [2.45, 2.75) is 51.0 Å². The average Bonchev–Trinajstić information content (AvgIpc) is 2.39. The van der Waals surface area contributed by atoms with Crippen molar-refractivity contribution >= 4 is 5.91 Å². The van der Waals surface area contributed by atoms with E-state index in [4.69, 9.17) is 5.11 Å². The van der Waals surface area contributed by atoms with Crippen molar-refractivity contribution in [1.29, 1.82) is 0 Å². The van der Waals surface area contributed by atoms with Crippen LogP contribution in [0.25, 0.3) is 0 Å². The molecule has 3 heteroatoms. The fraction of sp³-hybridized carbons (Fsp3) is 0.562. The van der Waals surface area contributed by atoms with Crippen LogP contribution in [0.1, 0.15) is 49.7 Å². The third-order valence-electron chi connectivity index (χ3n) is 3.81. The van der Waals surface area contributed by atoms with Gasteiger partial charge < -0.3 is 10.4 Å². The molecule has 1 aliphatic rings. The van der Waals surface area contributed by atoms with E-state index >= 15 is 0 Å². The van der Waals surface area contributed by atoms with E-state index in [9.17, 15) is 4.79 Å². The van der Waals surface area contributed by atoms with Crippen LogP contribution in [0.3, 0.4) is 0 Å². The zero-order valence-electron chi connectivity index (χ0n) is 11.6. The fourth-order valence-electron chi connectivity index (χ4n) is 2.78. The van der Waals surface area contributed by atoms with Crippen LogP contribution in [0.4, 0.5) is 0 Å². The number of hydrogen-bond donors (Lipinski definition) is 2. The number of amides is 1. The second kappa shape index (κ2) is 6.71. The zero-order chi connectivity index (χ0) is 13.7. The van der Waals surface area contributed by atoms with Gasteiger partial charge in [0.1, 0.15) is 0 Å². The highest BCUT2D eigenvalue weighted by Crippen LogP contribution is 2.33. The molecular formula is C16H23NO2. The van der Waals surface area contributed by atoms with E-state index in [0.29, 0.717) is 25.3 Å². The minimum Gasteiger partial charge on any atom is -0.393 e. The molecule has 1 aromatic carbocycles. The Hall–Kier alpha value is -1.35. The van der Waals surface area contributed by atoms with E-state index in [1.165, 1.54) is 17.5 Å². The second-order valence-corrected chi connectivity index (χ2v) is 5.48. The van der Waals surface area contributed by atoms with Crippen LogP contribution in [-0.2, 0) is 11.2 Å². The van der Waals surface area contributed by atoms with E-state index in [1.807, 2.05) is 0 Å². The van der Waals surface area contributed by atoms with Crippen molar-refractivity contribution in [3.63, 3.8) is 0 Å². The molecule has 2 N–H and O–H groups in total. The van der Waals surface area contributed by atoms with Gasteiger partial charge in [-0.1, -0.05) is 24.3 Å². The molecule has 1 aliphatic carbocycles. The maximum absolute atomic E-state index is 11.9. The maximum Gasteiger partial charge on any atom is 0.220 e. The third kappa shape index (κ3) is 4.06. The van der Waals surface area contributed by atoms with Crippen molar-refractivity contribution in [3.8, 4) is 0 Å². The number of aryl methyl sites for hydroxylation is 1. The standard InChI is InChI=1S/C16H23NO2/c1-12(18)9-10-17-16(19)11-14-7-4-6-13-5-2-3-8-15(13)14/h2-3,5,8,12,14,18H,4,6-7,9-11H2,1H3,(H,17,19). The van der Waals surface area contributed by atoms with Gasteiger partial charge in [-0.25, -0.2) is 0 Å². The first kappa shape index (κ1) is 14.1. The zero-order valence-corrected chi connectivity index (χ0v) is 11.6. The number of nitrogens with one attached hydrogen (secondary N) is 1. The molecule has 0 aliphatic heterocycles. The predicted molar refractivity (Wildman–Crippen MR) is 76.0 cm³/mol. The summed E-state index contributed by atoms with van der Waals surface area (Å²) in [6.07, 6.45) is 4.24. The summed E-state index contributed by atoms with van der Waals surface area (Å²) in [5, 5.41) is 12.1. The van der Waals surface area contributed by atoms with Crippen molar-refractivity contribution < 1.29 is 9.90 Å². The molecule has 3 nitrogen and oxygen atoms in total. The lowest BCUT2D eigenvalue weighted by molar-refractivity contribution is -0.121. The van der Waals surface area contributed by atoms with Gasteiger partial charge in [0.05, 0.1) is 6.10 Å². The minimum absolute atomic E-state index is 0.0994. The number of benzene rings is 1. The summed E-state index contributed by atoms with van der Waals surface area (Å²) in [4.78, 5) is 11.9. The minimum atomic E-state index is -0.351. The Labute approximate surface area is 115 Å². The van der Waals surface area contributed by atoms with Gasteiger partial charge in [0.2, 0.25) is 5.91 Å². The molecule has 0 aromatic heterocycles. The first-order valence-electron chi connectivity index (χ1n) is 7.19. The summed E-state index contributed by atoms with van der Waals surface area (Å²) in [6.45, 7) is 2.30. The molecule has 2 unspecified atom stereocenters. The molecule has 2 atom stereocenters. The van der Waals surface area contributed by atoms with Crippen LogP contribution in [0, 0.1) is 0 Å². The second-order valence-electron chi connectivity index (χ2n) is 5.48. The molecule has 1 amide bonds. The lowest BCUT2D eigenvalue weighted by Gasteiger charge is -2.25. The lowest BCUT2D eigenvalue weighted by Crippen LogP contribution is -2.28. The van der Waals surface area contributed by atoms with Crippen LogP contribution in [0.2, 0.25) is 0 Å². The number of hydrogen-bond acceptors (Lipinski definition) is 2. The summed E-state index contributed by atoms with van der Waals surface area (Å²) in [6, 6.07) is 8.46. The summed E-state index contributed by atoms with van der Waals surface area (Å²) < 4.78 is 0.